The molecule has 0 saturated carbocycles. The van der Waals surface area contributed by atoms with Gasteiger partial charge < -0.3 is 11.1 Å². The maximum atomic E-state index is 12.0. The molecule has 5 heteroatoms. The Labute approximate surface area is 119 Å². The summed E-state index contributed by atoms with van der Waals surface area (Å²) < 4.78 is 0. The number of likely N-dealkylation sites (N-methyl/N-ethyl adjacent to an activating group) is 1. The second kappa shape index (κ2) is 7.40. The number of amides is 1. The van der Waals surface area contributed by atoms with Crippen molar-refractivity contribution in [2.75, 3.05) is 36.7 Å². The third-order valence-corrected chi connectivity index (χ3v) is 3.94. The van der Waals surface area contributed by atoms with Crippen LogP contribution in [0, 0.1) is 6.92 Å². The summed E-state index contributed by atoms with van der Waals surface area (Å²) in [6.45, 7) is 4.42. The van der Waals surface area contributed by atoms with Crippen LogP contribution in [0.25, 0.3) is 0 Å². The highest BCUT2D eigenvalue weighted by Gasteiger charge is 2.14. The molecule has 1 amide bonds. The number of nitrogens with one attached hydrogen (secondary N) is 1. The molecule has 0 fully saturated rings. The van der Waals surface area contributed by atoms with Crippen molar-refractivity contribution in [3.05, 3.63) is 23.8 Å². The van der Waals surface area contributed by atoms with Gasteiger partial charge in [0, 0.05) is 11.8 Å². The van der Waals surface area contributed by atoms with Crippen LogP contribution in [-0.2, 0) is 4.79 Å². The Balaban J connectivity index is 2.61. The first-order valence-electron chi connectivity index (χ1n) is 6.29. The van der Waals surface area contributed by atoms with E-state index in [9.17, 15) is 4.79 Å². The molecule has 1 rings (SSSR count). The Morgan fingerprint density at radius 1 is 1.53 bits per heavy atom. The van der Waals surface area contributed by atoms with Gasteiger partial charge in [-0.3, -0.25) is 9.69 Å². The molecule has 0 saturated heterocycles. The van der Waals surface area contributed by atoms with Crippen molar-refractivity contribution in [2.24, 2.45) is 0 Å². The molecular formula is C14H23N3OS. The van der Waals surface area contributed by atoms with Gasteiger partial charge in [0.15, 0.2) is 0 Å². The van der Waals surface area contributed by atoms with Gasteiger partial charge in [-0.2, -0.15) is 11.8 Å². The lowest BCUT2D eigenvalue weighted by Crippen LogP contribution is -2.37. The Hall–Kier alpha value is -1.20. The first-order chi connectivity index (χ1) is 8.95. The van der Waals surface area contributed by atoms with Crippen molar-refractivity contribution in [1.82, 2.24) is 4.90 Å². The van der Waals surface area contributed by atoms with Gasteiger partial charge in [-0.15, -0.1) is 0 Å². The van der Waals surface area contributed by atoms with E-state index in [0.29, 0.717) is 18.3 Å². The summed E-state index contributed by atoms with van der Waals surface area (Å²) >= 11 is 1.78. The van der Waals surface area contributed by atoms with Crippen molar-refractivity contribution < 1.29 is 4.79 Å². The van der Waals surface area contributed by atoms with Crippen LogP contribution >= 0.6 is 11.8 Å². The van der Waals surface area contributed by atoms with Gasteiger partial charge >= 0.3 is 0 Å². The van der Waals surface area contributed by atoms with Gasteiger partial charge in [-0.1, -0.05) is 12.1 Å². The number of hydrogen-bond donors (Lipinski definition) is 2. The minimum absolute atomic E-state index is 0.0311. The van der Waals surface area contributed by atoms with Crippen molar-refractivity contribution in [3.63, 3.8) is 0 Å². The van der Waals surface area contributed by atoms with Crippen LogP contribution in [0.2, 0.25) is 0 Å². The molecule has 4 nitrogen and oxygen atoms in total. The molecule has 1 aromatic rings. The van der Waals surface area contributed by atoms with Crippen LogP contribution in [0.5, 0.6) is 0 Å². The molecular weight excluding hydrogens is 258 g/mol. The number of para-hydroxylation sites is 1. The maximum absolute atomic E-state index is 12.0. The second-order valence-electron chi connectivity index (χ2n) is 4.81. The fourth-order valence-corrected chi connectivity index (χ4v) is 2.53. The number of carbonyl (C=O) groups excluding carboxylic acids is 1. The number of benzene rings is 1. The van der Waals surface area contributed by atoms with Crippen molar-refractivity contribution >= 4 is 29.0 Å². The lowest BCUT2D eigenvalue weighted by molar-refractivity contribution is -0.117. The third-order valence-electron chi connectivity index (χ3n) is 3.12. The number of anilines is 2. The summed E-state index contributed by atoms with van der Waals surface area (Å²) in [5, 5.41) is 2.89. The van der Waals surface area contributed by atoms with Crippen LogP contribution < -0.4 is 11.1 Å². The summed E-state index contributed by atoms with van der Waals surface area (Å²) in [5.74, 6) is 0.979. The first-order valence-corrected chi connectivity index (χ1v) is 7.69. The number of hydrogen-bond acceptors (Lipinski definition) is 4. The van der Waals surface area contributed by atoms with Gasteiger partial charge in [-0.25, -0.2) is 0 Å². The minimum atomic E-state index is -0.0311. The van der Waals surface area contributed by atoms with E-state index < -0.39 is 0 Å². The summed E-state index contributed by atoms with van der Waals surface area (Å²) in [5.41, 5.74) is 8.18. The Kier molecular flexibility index (Phi) is 6.18. The van der Waals surface area contributed by atoms with Crippen LogP contribution in [0.15, 0.2) is 18.2 Å². The predicted octanol–water partition coefficient (Wildman–Crippen LogP) is 2.20. The number of thioether (sulfide) groups is 1. The van der Waals surface area contributed by atoms with Gasteiger partial charge in [0.1, 0.15) is 0 Å². The molecule has 1 aromatic carbocycles. The summed E-state index contributed by atoms with van der Waals surface area (Å²) in [6, 6.07) is 5.98. The molecule has 0 heterocycles. The number of nitrogens with two attached hydrogens (primary N) is 1. The van der Waals surface area contributed by atoms with Crippen molar-refractivity contribution in [2.45, 2.75) is 19.9 Å². The topological polar surface area (TPSA) is 58.4 Å². The number of carbonyl (C=O) groups is 1. The first kappa shape index (κ1) is 15.9. The fraction of sp³-hybridized carbons (Fsp3) is 0.500. The molecule has 0 bridgehead atoms. The molecule has 106 valence electrons. The Morgan fingerprint density at radius 2 is 2.21 bits per heavy atom. The van der Waals surface area contributed by atoms with Gasteiger partial charge in [-0.05, 0) is 38.8 Å². The Morgan fingerprint density at radius 3 is 2.79 bits per heavy atom. The zero-order chi connectivity index (χ0) is 14.4. The monoisotopic (exact) mass is 281 g/mol. The lowest BCUT2D eigenvalue weighted by Gasteiger charge is -2.23. The van der Waals surface area contributed by atoms with E-state index in [2.05, 4.69) is 18.5 Å². The van der Waals surface area contributed by atoms with Crippen molar-refractivity contribution in [3.8, 4) is 0 Å². The largest absolute Gasteiger partial charge is 0.397 e. The molecule has 1 unspecified atom stereocenters. The zero-order valence-corrected chi connectivity index (χ0v) is 12.9. The van der Waals surface area contributed by atoms with E-state index in [1.807, 2.05) is 31.0 Å². The molecule has 19 heavy (non-hydrogen) atoms. The minimum Gasteiger partial charge on any atom is -0.397 e. The highest BCUT2D eigenvalue weighted by molar-refractivity contribution is 7.98. The molecule has 0 aliphatic rings. The number of nitrogens with zero attached hydrogens (tertiary/aromatic N) is 1. The molecule has 1 atom stereocenters. The van der Waals surface area contributed by atoms with E-state index in [1.54, 1.807) is 17.8 Å². The summed E-state index contributed by atoms with van der Waals surface area (Å²) in [7, 11) is 1.96. The standard InChI is InChI=1S/C14H23N3OS/c1-10-6-5-7-12(15)14(10)16-13(18)8-17(3)11(2)9-19-4/h5-7,11H,8-9,15H2,1-4H3,(H,16,18). The van der Waals surface area contributed by atoms with Crippen molar-refractivity contribution in [1.29, 1.82) is 0 Å². The van der Waals surface area contributed by atoms with E-state index in [-0.39, 0.29) is 5.91 Å². The average molecular weight is 281 g/mol. The molecule has 0 radical (unpaired) electrons. The smallest absolute Gasteiger partial charge is 0.238 e. The normalized spacial score (nSPS) is 12.5. The van der Waals surface area contributed by atoms with Gasteiger partial charge in [0.25, 0.3) is 0 Å². The summed E-state index contributed by atoms with van der Waals surface area (Å²) in [4.78, 5) is 14.1. The van der Waals surface area contributed by atoms with E-state index >= 15 is 0 Å². The highest BCUT2D eigenvalue weighted by Crippen LogP contribution is 2.22. The zero-order valence-electron chi connectivity index (χ0n) is 12.1. The number of aryl methyl sites for hydroxylation is 1. The van der Waals surface area contributed by atoms with Gasteiger partial charge in [0.05, 0.1) is 17.9 Å². The summed E-state index contributed by atoms with van der Waals surface area (Å²) in [6.07, 6.45) is 2.07. The lowest BCUT2D eigenvalue weighted by atomic mass is 10.1. The molecule has 0 aromatic heterocycles. The molecule has 0 aliphatic carbocycles. The predicted molar refractivity (Wildman–Crippen MR) is 84.7 cm³/mol. The highest BCUT2D eigenvalue weighted by atomic mass is 32.2. The molecule has 0 aliphatic heterocycles. The number of nitrogen functional groups attached to an aromatic ring is 1. The SMILES string of the molecule is CSCC(C)N(C)CC(=O)Nc1c(C)cccc1N. The van der Waals surface area contributed by atoms with E-state index in [1.165, 1.54) is 0 Å². The van der Waals surface area contributed by atoms with Crippen LogP contribution in [0.3, 0.4) is 0 Å². The fourth-order valence-electron chi connectivity index (χ4n) is 1.79. The van der Waals surface area contributed by atoms with Crippen LogP contribution in [0.1, 0.15) is 12.5 Å². The Bertz CT molecular complexity index is 416. The van der Waals surface area contributed by atoms with E-state index in [4.69, 9.17) is 5.73 Å². The van der Waals surface area contributed by atoms with E-state index in [0.717, 1.165) is 17.0 Å². The number of rotatable bonds is 6. The maximum Gasteiger partial charge on any atom is 0.238 e. The molecule has 3 N–H and O–H groups in total. The quantitative estimate of drug-likeness (QED) is 0.785. The third kappa shape index (κ3) is 4.76. The van der Waals surface area contributed by atoms with Gasteiger partial charge in [0.2, 0.25) is 5.91 Å². The second-order valence-corrected chi connectivity index (χ2v) is 5.72. The van der Waals surface area contributed by atoms with Crippen LogP contribution in [0.4, 0.5) is 11.4 Å². The molecule has 0 spiro atoms. The average Bonchev–Trinajstić information content (AvgIpc) is 2.34. The van der Waals surface area contributed by atoms with Crippen LogP contribution in [-0.4, -0.2) is 42.4 Å².